The molecule has 2 aromatic carbocycles. The van der Waals surface area contributed by atoms with Crippen molar-refractivity contribution in [2.24, 2.45) is 5.92 Å². The van der Waals surface area contributed by atoms with Gasteiger partial charge < -0.3 is 20.1 Å². The van der Waals surface area contributed by atoms with E-state index in [-0.39, 0.29) is 37.2 Å². The van der Waals surface area contributed by atoms with E-state index in [4.69, 9.17) is 9.47 Å². The number of amides is 2. The molecule has 9 nitrogen and oxygen atoms in total. The Morgan fingerprint density at radius 1 is 1.06 bits per heavy atom. The fraction of sp³-hybridized carbons (Fsp3) is 0.364. The van der Waals surface area contributed by atoms with Crippen molar-refractivity contribution < 1.29 is 31.9 Å². The summed E-state index contributed by atoms with van der Waals surface area (Å²) >= 11 is 0. The van der Waals surface area contributed by atoms with Gasteiger partial charge in [0.05, 0.1) is 11.4 Å². The molecule has 0 aromatic heterocycles. The molecular formula is C22H24FN3O6S. The number of piperidine rings is 1. The molecule has 2 N–H and O–H groups in total. The Bertz CT molecular complexity index is 1180. The summed E-state index contributed by atoms with van der Waals surface area (Å²) in [7, 11) is -3.29. The SMILES string of the molecule is CCS(=O)(=O)N1CCC(C(=O)Nc2cc(NC(=O)c3ccc4c(c3)OCO4)ccc2F)CC1. The molecule has 2 heterocycles. The minimum atomic E-state index is -3.29. The topological polar surface area (TPSA) is 114 Å². The smallest absolute Gasteiger partial charge is 0.255 e. The van der Waals surface area contributed by atoms with Gasteiger partial charge in [-0.05, 0) is 56.2 Å². The van der Waals surface area contributed by atoms with Crippen molar-refractivity contribution in [2.45, 2.75) is 19.8 Å². The van der Waals surface area contributed by atoms with Gasteiger partial charge in [-0.2, -0.15) is 0 Å². The molecule has 1 fully saturated rings. The molecule has 0 bridgehead atoms. The Morgan fingerprint density at radius 3 is 2.52 bits per heavy atom. The zero-order valence-electron chi connectivity index (χ0n) is 18.0. The molecule has 0 atom stereocenters. The van der Waals surface area contributed by atoms with Crippen molar-refractivity contribution in [3.05, 3.63) is 47.8 Å². The van der Waals surface area contributed by atoms with Crippen molar-refractivity contribution in [2.75, 3.05) is 36.3 Å². The van der Waals surface area contributed by atoms with Gasteiger partial charge in [-0.25, -0.2) is 17.1 Å². The first kappa shape index (κ1) is 23.0. The third-order valence-corrected chi connectivity index (χ3v) is 7.58. The van der Waals surface area contributed by atoms with Gasteiger partial charge in [0.25, 0.3) is 5.91 Å². The average Bonchev–Trinajstić information content (AvgIpc) is 3.29. The van der Waals surface area contributed by atoms with Gasteiger partial charge in [0.2, 0.25) is 22.7 Å². The Morgan fingerprint density at radius 2 is 1.79 bits per heavy atom. The quantitative estimate of drug-likeness (QED) is 0.661. The lowest BCUT2D eigenvalue weighted by atomic mass is 9.97. The van der Waals surface area contributed by atoms with Gasteiger partial charge in [-0.3, -0.25) is 9.59 Å². The number of halogens is 1. The fourth-order valence-electron chi connectivity index (χ4n) is 3.75. The minimum Gasteiger partial charge on any atom is -0.454 e. The van der Waals surface area contributed by atoms with E-state index < -0.39 is 27.7 Å². The number of carbonyl (C=O) groups is 2. The molecule has 0 radical (unpaired) electrons. The largest absolute Gasteiger partial charge is 0.454 e. The molecule has 0 spiro atoms. The summed E-state index contributed by atoms with van der Waals surface area (Å²) in [4.78, 5) is 25.2. The van der Waals surface area contributed by atoms with Gasteiger partial charge in [-0.1, -0.05) is 0 Å². The Kier molecular flexibility index (Phi) is 6.52. The normalized spacial score (nSPS) is 16.4. The first-order valence-electron chi connectivity index (χ1n) is 10.6. The lowest BCUT2D eigenvalue weighted by Gasteiger charge is -2.30. The van der Waals surface area contributed by atoms with Gasteiger partial charge in [0, 0.05) is 30.3 Å². The summed E-state index contributed by atoms with van der Waals surface area (Å²) in [5.41, 5.74) is 0.577. The van der Waals surface area contributed by atoms with Crippen LogP contribution in [0.15, 0.2) is 36.4 Å². The van der Waals surface area contributed by atoms with Crippen molar-refractivity contribution in [1.29, 1.82) is 0 Å². The number of sulfonamides is 1. The maximum absolute atomic E-state index is 14.3. The van der Waals surface area contributed by atoms with Gasteiger partial charge >= 0.3 is 0 Å². The van der Waals surface area contributed by atoms with Crippen LogP contribution >= 0.6 is 0 Å². The molecule has 0 aliphatic carbocycles. The Balaban J connectivity index is 1.39. The third kappa shape index (κ3) is 5.09. The van der Waals surface area contributed by atoms with Crippen molar-refractivity contribution in [3.8, 4) is 11.5 Å². The first-order chi connectivity index (χ1) is 15.8. The fourth-order valence-corrected chi connectivity index (χ4v) is 4.89. The number of nitrogens with one attached hydrogen (secondary N) is 2. The molecule has 176 valence electrons. The van der Waals surface area contributed by atoms with Crippen LogP contribution in [0.3, 0.4) is 0 Å². The molecule has 4 rings (SSSR count). The Hall–Kier alpha value is -3.18. The van der Waals surface area contributed by atoms with Gasteiger partial charge in [-0.15, -0.1) is 0 Å². The lowest BCUT2D eigenvalue weighted by Crippen LogP contribution is -2.42. The number of carbonyl (C=O) groups excluding carboxylic acids is 2. The number of rotatable bonds is 6. The van der Waals surface area contributed by atoms with Gasteiger partial charge in [0.1, 0.15) is 5.82 Å². The summed E-state index contributed by atoms with van der Waals surface area (Å²) in [6, 6.07) is 8.65. The highest BCUT2D eigenvalue weighted by atomic mass is 32.2. The number of hydrogen-bond acceptors (Lipinski definition) is 6. The minimum absolute atomic E-state index is 0.0137. The number of hydrogen-bond donors (Lipinski definition) is 2. The van der Waals surface area contributed by atoms with E-state index >= 15 is 0 Å². The molecule has 11 heteroatoms. The summed E-state index contributed by atoms with van der Waals surface area (Å²) in [6.45, 7) is 2.18. The number of fused-ring (bicyclic) bond motifs is 1. The molecule has 2 aromatic rings. The second kappa shape index (κ2) is 9.36. The highest BCUT2D eigenvalue weighted by molar-refractivity contribution is 7.89. The van der Waals surface area contributed by atoms with Crippen LogP contribution in [0.25, 0.3) is 0 Å². The third-order valence-electron chi connectivity index (χ3n) is 5.70. The highest BCUT2D eigenvalue weighted by Gasteiger charge is 2.30. The van der Waals surface area contributed by atoms with Crippen molar-refractivity contribution in [1.82, 2.24) is 4.31 Å². The van der Waals surface area contributed by atoms with Crippen LogP contribution in [0.4, 0.5) is 15.8 Å². The van der Waals surface area contributed by atoms with Crippen LogP contribution in [0.5, 0.6) is 11.5 Å². The number of anilines is 2. The molecule has 0 unspecified atom stereocenters. The van der Waals surface area contributed by atoms with Crippen LogP contribution in [-0.4, -0.2) is 50.2 Å². The Labute approximate surface area is 190 Å². The van der Waals surface area contributed by atoms with E-state index in [0.29, 0.717) is 35.6 Å². The maximum atomic E-state index is 14.3. The van der Waals surface area contributed by atoms with Crippen molar-refractivity contribution in [3.63, 3.8) is 0 Å². The predicted octanol–water partition coefficient (Wildman–Crippen LogP) is 2.81. The molecule has 0 saturated carbocycles. The van der Waals surface area contributed by atoms with E-state index in [1.807, 2.05) is 0 Å². The monoisotopic (exact) mass is 477 g/mol. The number of ether oxygens (including phenoxy) is 2. The van der Waals surface area contributed by atoms with Crippen LogP contribution < -0.4 is 20.1 Å². The molecular weight excluding hydrogens is 453 g/mol. The zero-order chi connectivity index (χ0) is 23.6. The zero-order valence-corrected chi connectivity index (χ0v) is 18.8. The predicted molar refractivity (Wildman–Crippen MR) is 119 cm³/mol. The average molecular weight is 478 g/mol. The number of nitrogens with zero attached hydrogens (tertiary/aromatic N) is 1. The second-order valence-corrected chi connectivity index (χ2v) is 10.0. The van der Waals surface area contributed by atoms with E-state index in [2.05, 4.69) is 10.6 Å². The van der Waals surface area contributed by atoms with Crippen LogP contribution in [0, 0.1) is 11.7 Å². The van der Waals surface area contributed by atoms with E-state index in [0.717, 1.165) is 6.07 Å². The lowest BCUT2D eigenvalue weighted by molar-refractivity contribution is -0.120. The van der Waals surface area contributed by atoms with Crippen LogP contribution in [0.2, 0.25) is 0 Å². The molecule has 1 saturated heterocycles. The number of benzene rings is 2. The van der Waals surface area contributed by atoms with E-state index in [1.165, 1.54) is 16.4 Å². The van der Waals surface area contributed by atoms with Crippen LogP contribution in [-0.2, 0) is 14.8 Å². The summed E-state index contributed by atoms with van der Waals surface area (Å²) in [5.74, 6) is -0.859. The summed E-state index contributed by atoms with van der Waals surface area (Å²) in [6.07, 6.45) is 0.709. The molecule has 33 heavy (non-hydrogen) atoms. The molecule has 2 aliphatic heterocycles. The van der Waals surface area contributed by atoms with Crippen molar-refractivity contribution >= 4 is 33.2 Å². The molecule has 2 amide bonds. The molecule has 2 aliphatic rings. The van der Waals surface area contributed by atoms with Gasteiger partial charge in [0.15, 0.2) is 11.5 Å². The van der Waals surface area contributed by atoms with Crippen LogP contribution in [0.1, 0.15) is 30.1 Å². The summed E-state index contributed by atoms with van der Waals surface area (Å²) < 4.78 is 50.2. The second-order valence-electron chi connectivity index (χ2n) is 7.78. The van der Waals surface area contributed by atoms with E-state index in [9.17, 15) is 22.4 Å². The van der Waals surface area contributed by atoms with E-state index in [1.54, 1.807) is 25.1 Å². The highest BCUT2D eigenvalue weighted by Crippen LogP contribution is 2.33. The maximum Gasteiger partial charge on any atom is 0.255 e. The standard InChI is InChI=1S/C22H24FN3O6S/c1-2-33(29,30)26-9-7-14(8-10-26)21(27)25-18-12-16(4-5-17(18)23)24-22(28)15-3-6-19-20(11-15)32-13-31-19/h3-6,11-12,14H,2,7-10,13H2,1H3,(H,24,28)(H,25,27). The summed E-state index contributed by atoms with van der Waals surface area (Å²) in [5, 5.41) is 5.24. The first-order valence-corrected chi connectivity index (χ1v) is 12.2.